The first-order chi connectivity index (χ1) is 13.0. The van der Waals surface area contributed by atoms with E-state index < -0.39 is 17.7 Å². The third kappa shape index (κ3) is 4.10. The van der Waals surface area contributed by atoms with Gasteiger partial charge in [-0.15, -0.1) is 0 Å². The van der Waals surface area contributed by atoms with Crippen molar-refractivity contribution in [3.8, 4) is 0 Å². The van der Waals surface area contributed by atoms with Crippen molar-refractivity contribution >= 4 is 40.7 Å². The number of imidazole rings is 1. The maximum absolute atomic E-state index is 12.2. The van der Waals surface area contributed by atoms with Gasteiger partial charge in [0.15, 0.2) is 5.69 Å². The van der Waals surface area contributed by atoms with Crippen LogP contribution in [-0.4, -0.2) is 32.7 Å². The van der Waals surface area contributed by atoms with E-state index in [4.69, 9.17) is 17.3 Å². The molecule has 2 heterocycles. The van der Waals surface area contributed by atoms with Crippen LogP contribution in [0.15, 0.2) is 49.1 Å². The summed E-state index contributed by atoms with van der Waals surface area (Å²) in [7, 11) is 0. The number of halogens is 1. The van der Waals surface area contributed by atoms with Gasteiger partial charge in [0.1, 0.15) is 5.69 Å². The molecule has 2 aromatic heterocycles. The monoisotopic (exact) mass is 384 g/mol. The first-order valence-corrected chi connectivity index (χ1v) is 7.99. The van der Waals surface area contributed by atoms with Crippen molar-refractivity contribution in [3.63, 3.8) is 0 Å². The Hall–Kier alpha value is -3.72. The molecule has 5 N–H and O–H groups in total. The standard InChI is InChI=1S/C17H13ClN6O3/c18-12-5-6-20-7-11(12)16(26)23-9-1-3-10(4-2-9)24-17(27)14-13(15(19)25)21-8-22-14/h1-8H,(H2,19,25)(H,21,22)(H,23,26)(H,24,27). The van der Waals surface area contributed by atoms with Crippen LogP contribution in [0.2, 0.25) is 5.02 Å². The molecule has 10 heteroatoms. The van der Waals surface area contributed by atoms with E-state index in [0.717, 1.165) is 0 Å². The first kappa shape index (κ1) is 18.1. The summed E-state index contributed by atoms with van der Waals surface area (Å²) in [5.74, 6) is -1.79. The summed E-state index contributed by atoms with van der Waals surface area (Å²) >= 11 is 5.96. The Morgan fingerprint density at radius 3 is 2.22 bits per heavy atom. The van der Waals surface area contributed by atoms with Gasteiger partial charge in [0.25, 0.3) is 17.7 Å². The minimum absolute atomic E-state index is 0.0360. The number of H-pyrrole nitrogens is 1. The van der Waals surface area contributed by atoms with Gasteiger partial charge in [0.05, 0.1) is 16.9 Å². The molecule has 3 rings (SSSR count). The highest BCUT2D eigenvalue weighted by molar-refractivity contribution is 6.34. The van der Waals surface area contributed by atoms with E-state index in [9.17, 15) is 14.4 Å². The van der Waals surface area contributed by atoms with Crippen LogP contribution in [0.4, 0.5) is 11.4 Å². The molecule has 0 saturated carbocycles. The molecule has 27 heavy (non-hydrogen) atoms. The van der Waals surface area contributed by atoms with Gasteiger partial charge in [-0.2, -0.15) is 0 Å². The fraction of sp³-hybridized carbons (Fsp3) is 0. The number of nitrogens with one attached hydrogen (secondary N) is 3. The topological polar surface area (TPSA) is 143 Å². The molecule has 3 aromatic rings. The molecular weight excluding hydrogens is 372 g/mol. The molecule has 0 aliphatic heterocycles. The van der Waals surface area contributed by atoms with Crippen molar-refractivity contribution < 1.29 is 14.4 Å². The summed E-state index contributed by atoms with van der Waals surface area (Å²) in [6, 6.07) is 7.88. The van der Waals surface area contributed by atoms with Gasteiger partial charge in [-0.25, -0.2) is 4.98 Å². The summed E-state index contributed by atoms with van der Waals surface area (Å²) < 4.78 is 0. The number of primary amides is 1. The fourth-order valence-electron chi connectivity index (χ4n) is 2.23. The predicted molar refractivity (Wildman–Crippen MR) is 98.7 cm³/mol. The Bertz CT molecular complexity index is 1020. The third-order valence-corrected chi connectivity index (χ3v) is 3.84. The summed E-state index contributed by atoms with van der Waals surface area (Å²) in [6.07, 6.45) is 4.06. The lowest BCUT2D eigenvalue weighted by Gasteiger charge is -2.08. The lowest BCUT2D eigenvalue weighted by molar-refractivity contribution is 0.0972. The Balaban J connectivity index is 1.68. The van der Waals surface area contributed by atoms with E-state index in [1.54, 1.807) is 24.3 Å². The molecule has 0 aliphatic rings. The predicted octanol–water partition coefficient (Wildman–Crippen LogP) is 2.06. The van der Waals surface area contributed by atoms with Crippen LogP contribution in [-0.2, 0) is 0 Å². The smallest absolute Gasteiger partial charge is 0.274 e. The van der Waals surface area contributed by atoms with Gasteiger partial charge in [0, 0.05) is 23.8 Å². The second kappa shape index (κ2) is 7.67. The van der Waals surface area contributed by atoms with Crippen LogP contribution >= 0.6 is 11.6 Å². The first-order valence-electron chi connectivity index (χ1n) is 7.61. The zero-order valence-corrected chi connectivity index (χ0v) is 14.4. The number of amides is 3. The summed E-state index contributed by atoms with van der Waals surface area (Å²) in [4.78, 5) is 45.8. The number of carbonyl (C=O) groups excluding carboxylic acids is 3. The van der Waals surface area contributed by atoms with Crippen molar-refractivity contribution in [1.82, 2.24) is 15.0 Å². The molecule has 0 spiro atoms. The normalized spacial score (nSPS) is 10.3. The van der Waals surface area contributed by atoms with E-state index in [1.807, 2.05) is 0 Å². The lowest BCUT2D eigenvalue weighted by atomic mass is 10.2. The molecule has 0 fully saturated rings. The maximum atomic E-state index is 12.2. The minimum atomic E-state index is -0.812. The van der Waals surface area contributed by atoms with Crippen LogP contribution in [0.25, 0.3) is 0 Å². The number of benzene rings is 1. The van der Waals surface area contributed by atoms with Crippen molar-refractivity contribution in [1.29, 1.82) is 0 Å². The highest BCUT2D eigenvalue weighted by Crippen LogP contribution is 2.18. The second-order valence-electron chi connectivity index (χ2n) is 5.33. The lowest BCUT2D eigenvalue weighted by Crippen LogP contribution is -2.20. The van der Waals surface area contributed by atoms with Gasteiger partial charge in [0.2, 0.25) is 0 Å². The van der Waals surface area contributed by atoms with E-state index in [0.29, 0.717) is 11.4 Å². The van der Waals surface area contributed by atoms with Crippen molar-refractivity contribution in [3.05, 3.63) is 71.0 Å². The largest absolute Gasteiger partial charge is 0.364 e. The number of hydrogen-bond acceptors (Lipinski definition) is 5. The highest BCUT2D eigenvalue weighted by atomic mass is 35.5. The molecule has 9 nitrogen and oxygen atoms in total. The van der Waals surface area contributed by atoms with Crippen molar-refractivity contribution in [2.75, 3.05) is 10.6 Å². The molecule has 1 aromatic carbocycles. The van der Waals surface area contributed by atoms with Crippen molar-refractivity contribution in [2.45, 2.75) is 0 Å². The Kier molecular flexibility index (Phi) is 5.13. The third-order valence-electron chi connectivity index (χ3n) is 3.51. The average Bonchev–Trinajstić information content (AvgIpc) is 3.14. The molecule has 0 bridgehead atoms. The van der Waals surface area contributed by atoms with Crippen LogP contribution < -0.4 is 16.4 Å². The molecule has 3 amide bonds. The van der Waals surface area contributed by atoms with Gasteiger partial charge in [-0.3, -0.25) is 19.4 Å². The minimum Gasteiger partial charge on any atom is -0.364 e. The number of hydrogen-bond donors (Lipinski definition) is 4. The highest BCUT2D eigenvalue weighted by Gasteiger charge is 2.18. The van der Waals surface area contributed by atoms with Gasteiger partial charge in [-0.05, 0) is 30.3 Å². The molecule has 0 unspecified atom stereocenters. The molecular formula is C17H13ClN6O3. The molecule has 0 saturated heterocycles. The average molecular weight is 385 g/mol. The number of aromatic amines is 1. The SMILES string of the molecule is NC(=O)c1nc[nH]c1C(=O)Nc1ccc(NC(=O)c2cnccc2Cl)cc1. The Morgan fingerprint density at radius 1 is 1.00 bits per heavy atom. The van der Waals surface area contributed by atoms with Gasteiger partial charge in [-0.1, -0.05) is 11.6 Å². The maximum Gasteiger partial charge on any atom is 0.274 e. The number of nitrogens with two attached hydrogens (primary N) is 1. The quantitative estimate of drug-likeness (QED) is 0.532. The van der Waals surface area contributed by atoms with Gasteiger partial charge >= 0.3 is 0 Å². The van der Waals surface area contributed by atoms with E-state index in [-0.39, 0.29) is 22.0 Å². The van der Waals surface area contributed by atoms with Crippen LogP contribution in [0.5, 0.6) is 0 Å². The zero-order valence-electron chi connectivity index (χ0n) is 13.7. The number of aromatic nitrogens is 3. The summed E-state index contributed by atoms with van der Waals surface area (Å²) in [5.41, 5.74) is 6.16. The summed E-state index contributed by atoms with van der Waals surface area (Å²) in [6.45, 7) is 0. The van der Waals surface area contributed by atoms with E-state index >= 15 is 0 Å². The summed E-state index contributed by atoms with van der Waals surface area (Å²) in [5, 5.41) is 5.57. The van der Waals surface area contributed by atoms with Crippen LogP contribution in [0.3, 0.4) is 0 Å². The Labute approximate surface area is 158 Å². The number of pyridine rings is 1. The van der Waals surface area contributed by atoms with Crippen LogP contribution in [0, 0.1) is 0 Å². The number of rotatable bonds is 5. The number of anilines is 2. The molecule has 0 aliphatic carbocycles. The molecule has 0 atom stereocenters. The molecule has 0 radical (unpaired) electrons. The van der Waals surface area contributed by atoms with Crippen molar-refractivity contribution in [2.24, 2.45) is 5.73 Å². The number of carbonyl (C=O) groups is 3. The zero-order chi connectivity index (χ0) is 19.4. The van der Waals surface area contributed by atoms with E-state index in [2.05, 4.69) is 25.6 Å². The molecule has 136 valence electrons. The fourth-order valence-corrected chi connectivity index (χ4v) is 2.42. The number of nitrogens with zero attached hydrogens (tertiary/aromatic N) is 2. The second-order valence-corrected chi connectivity index (χ2v) is 5.74. The van der Waals surface area contributed by atoms with Crippen LogP contribution in [0.1, 0.15) is 31.3 Å². The van der Waals surface area contributed by atoms with E-state index in [1.165, 1.54) is 24.8 Å². The van der Waals surface area contributed by atoms with Gasteiger partial charge < -0.3 is 21.4 Å². The Morgan fingerprint density at radius 2 is 1.63 bits per heavy atom.